The van der Waals surface area contributed by atoms with E-state index in [1.54, 1.807) is 66.2 Å². The van der Waals surface area contributed by atoms with Crippen LogP contribution in [0.15, 0.2) is 83.8 Å². The molecule has 0 bridgehead atoms. The molecule has 432 valence electrons. The van der Waals surface area contributed by atoms with Crippen molar-refractivity contribution in [3.05, 3.63) is 126 Å². The smallest absolute Gasteiger partial charge is 0.435 e. The number of nitrogens with one attached hydrogen (secondary N) is 8. The number of hydrogen-bond donors (Lipinski definition) is 9. The Bertz CT molecular complexity index is 3560. The SMILES string of the molecule is CCOCCCOC(=O)[C@H](CNC(=O)c1cccs1)NC(=O)c1sc(NC(=O)Cc2cccc3[nH]ncc23)nc1C(F)(F)F.O=C(Cc1cccc2[nH]ncc12)Nc1nc(C(F)(F)F)c(C(=O)N[C@@H](CNC(=O)c2cccs2)C(=O)O)s1. The molecule has 82 heavy (non-hydrogen) atoms. The zero-order chi connectivity index (χ0) is 59.1. The van der Waals surface area contributed by atoms with Gasteiger partial charge in [0.05, 0.1) is 52.6 Å². The van der Waals surface area contributed by atoms with Gasteiger partial charge in [0.15, 0.2) is 21.7 Å². The molecule has 6 heterocycles. The van der Waals surface area contributed by atoms with Gasteiger partial charge in [-0.1, -0.05) is 59.1 Å². The zero-order valence-corrected chi connectivity index (χ0v) is 45.4. The van der Waals surface area contributed by atoms with E-state index in [1.165, 1.54) is 24.5 Å². The lowest BCUT2D eigenvalue weighted by molar-refractivity contribution is -0.146. The number of carbonyl (C=O) groups is 8. The van der Waals surface area contributed by atoms with Crippen LogP contribution in [0.25, 0.3) is 21.8 Å². The fourth-order valence-corrected chi connectivity index (χ4v) is 10.4. The summed E-state index contributed by atoms with van der Waals surface area (Å²) in [5.41, 5.74) is -0.642. The van der Waals surface area contributed by atoms with Crippen LogP contribution in [-0.2, 0) is 53.8 Å². The molecule has 0 radical (unpaired) electrons. The number of carboxylic acids is 1. The number of aromatic amines is 2. The molecule has 8 rings (SSSR count). The average Bonchev–Trinajstić information content (AvgIpc) is 4.40. The fraction of sp³-hybridized carbons (Fsp3) is 0.265. The van der Waals surface area contributed by atoms with Crippen molar-refractivity contribution >= 4 is 125 Å². The van der Waals surface area contributed by atoms with Crippen LogP contribution in [0.4, 0.5) is 36.6 Å². The molecular formula is C49H44F6N12O11S4. The van der Waals surface area contributed by atoms with Crippen molar-refractivity contribution < 1.29 is 79.3 Å². The number of hydrogen-bond acceptors (Lipinski definition) is 18. The van der Waals surface area contributed by atoms with Gasteiger partial charge in [0.25, 0.3) is 23.6 Å². The van der Waals surface area contributed by atoms with Crippen LogP contribution >= 0.6 is 45.3 Å². The lowest BCUT2D eigenvalue weighted by atomic mass is 10.1. The molecule has 2 aromatic carbocycles. The quantitative estimate of drug-likeness (QED) is 0.0183. The predicted molar refractivity (Wildman–Crippen MR) is 287 cm³/mol. The van der Waals surface area contributed by atoms with E-state index in [1.807, 2.05) is 5.32 Å². The molecule has 0 saturated carbocycles. The summed E-state index contributed by atoms with van der Waals surface area (Å²) in [6.07, 6.45) is -7.15. The van der Waals surface area contributed by atoms with Gasteiger partial charge < -0.3 is 46.5 Å². The maximum atomic E-state index is 13.9. The van der Waals surface area contributed by atoms with Crippen LogP contribution in [0.1, 0.15) is 74.5 Å². The van der Waals surface area contributed by atoms with Gasteiger partial charge in [-0.05, 0) is 53.1 Å². The molecule has 0 fully saturated rings. The first-order chi connectivity index (χ1) is 39.1. The summed E-state index contributed by atoms with van der Waals surface area (Å²) in [5, 5.41) is 39.9. The van der Waals surface area contributed by atoms with Crippen LogP contribution < -0.4 is 31.9 Å². The van der Waals surface area contributed by atoms with Crippen LogP contribution in [-0.4, -0.2) is 128 Å². The Morgan fingerprint density at radius 3 is 1.51 bits per heavy atom. The Balaban J connectivity index is 0.000000239. The highest BCUT2D eigenvalue weighted by Gasteiger charge is 2.42. The summed E-state index contributed by atoms with van der Waals surface area (Å²) in [4.78, 5) is 105. The number of carboxylic acid groups (broad SMARTS) is 1. The maximum Gasteiger partial charge on any atom is 0.435 e. The molecule has 6 amide bonds. The minimum Gasteiger partial charge on any atom is -0.480 e. The van der Waals surface area contributed by atoms with Gasteiger partial charge in [-0.3, -0.25) is 39.0 Å². The highest BCUT2D eigenvalue weighted by Crippen LogP contribution is 2.38. The van der Waals surface area contributed by atoms with E-state index in [2.05, 4.69) is 56.9 Å². The molecule has 0 aliphatic carbocycles. The van der Waals surface area contributed by atoms with Gasteiger partial charge in [0.1, 0.15) is 21.8 Å². The number of carbonyl (C=O) groups excluding carboxylic acids is 7. The van der Waals surface area contributed by atoms with E-state index < -0.39 is 116 Å². The van der Waals surface area contributed by atoms with Crippen LogP contribution in [0, 0.1) is 0 Å². The first kappa shape index (κ1) is 61.0. The summed E-state index contributed by atoms with van der Waals surface area (Å²) in [6, 6.07) is 13.2. The summed E-state index contributed by atoms with van der Waals surface area (Å²) >= 11 is 2.77. The number of aromatic nitrogens is 6. The van der Waals surface area contributed by atoms with Crippen molar-refractivity contribution in [3.63, 3.8) is 0 Å². The minimum atomic E-state index is -5.07. The second kappa shape index (κ2) is 27.7. The third-order valence-electron chi connectivity index (χ3n) is 11.0. The molecule has 9 N–H and O–H groups in total. The van der Waals surface area contributed by atoms with Crippen LogP contribution in [0.5, 0.6) is 0 Å². The number of nitrogens with zero attached hydrogens (tertiary/aromatic N) is 4. The Labute approximate surface area is 473 Å². The Morgan fingerprint density at radius 2 is 1.09 bits per heavy atom. The zero-order valence-electron chi connectivity index (χ0n) is 42.1. The van der Waals surface area contributed by atoms with Crippen molar-refractivity contribution in [1.29, 1.82) is 0 Å². The Morgan fingerprint density at radius 1 is 0.622 bits per heavy atom. The number of H-pyrrole nitrogens is 2. The fourth-order valence-electron chi connectivity index (χ4n) is 7.28. The molecule has 8 aromatic rings. The molecular weight excluding hydrogens is 1170 g/mol. The lowest BCUT2D eigenvalue weighted by Crippen LogP contribution is -2.49. The second-order valence-corrected chi connectivity index (χ2v) is 20.7. The van der Waals surface area contributed by atoms with Gasteiger partial charge in [0, 0.05) is 43.5 Å². The number of rotatable bonds is 23. The van der Waals surface area contributed by atoms with E-state index >= 15 is 0 Å². The summed E-state index contributed by atoms with van der Waals surface area (Å²) < 4.78 is 92.9. The molecule has 6 aromatic heterocycles. The number of fused-ring (bicyclic) bond motifs is 2. The van der Waals surface area contributed by atoms with Gasteiger partial charge in [-0.2, -0.15) is 36.5 Å². The van der Waals surface area contributed by atoms with Crippen molar-refractivity contribution in [1.82, 2.24) is 51.6 Å². The number of anilines is 2. The molecule has 0 aliphatic rings. The first-order valence-corrected chi connectivity index (χ1v) is 27.3. The number of benzene rings is 2. The molecule has 2 atom stereocenters. The van der Waals surface area contributed by atoms with Gasteiger partial charge in [-0.15, -0.1) is 22.7 Å². The molecule has 0 saturated heterocycles. The first-order valence-electron chi connectivity index (χ1n) is 23.9. The van der Waals surface area contributed by atoms with Crippen molar-refractivity contribution in [2.24, 2.45) is 0 Å². The molecule has 0 aliphatic heterocycles. The predicted octanol–water partition coefficient (Wildman–Crippen LogP) is 6.67. The van der Waals surface area contributed by atoms with Crippen molar-refractivity contribution in [2.45, 2.75) is 50.6 Å². The third-order valence-corrected chi connectivity index (χ3v) is 14.7. The number of aliphatic carboxylic acids is 1. The number of thiazole rings is 2. The molecule has 0 spiro atoms. The summed E-state index contributed by atoms with van der Waals surface area (Å²) in [7, 11) is 0. The number of amides is 6. The number of thiophene rings is 2. The normalized spacial score (nSPS) is 12.1. The van der Waals surface area contributed by atoms with Crippen LogP contribution in [0.2, 0.25) is 0 Å². The molecule has 0 unspecified atom stereocenters. The monoisotopic (exact) mass is 1220 g/mol. The third kappa shape index (κ3) is 16.5. The largest absolute Gasteiger partial charge is 0.480 e. The van der Waals surface area contributed by atoms with E-state index in [4.69, 9.17) is 9.47 Å². The summed E-state index contributed by atoms with van der Waals surface area (Å²) in [5.74, 6) is -7.73. The molecule has 23 nitrogen and oxygen atoms in total. The topological polar surface area (TPSA) is 331 Å². The lowest BCUT2D eigenvalue weighted by Gasteiger charge is -2.18. The van der Waals surface area contributed by atoms with E-state index in [0.717, 1.165) is 22.7 Å². The van der Waals surface area contributed by atoms with Gasteiger partial charge in [0.2, 0.25) is 11.8 Å². The minimum absolute atomic E-state index is 0.0822. The number of alkyl halides is 6. The average molecular weight is 1220 g/mol. The van der Waals surface area contributed by atoms with Crippen molar-refractivity contribution in [2.75, 3.05) is 43.5 Å². The van der Waals surface area contributed by atoms with E-state index in [9.17, 15) is 69.8 Å². The highest BCUT2D eigenvalue weighted by atomic mass is 32.1. The number of ether oxygens (including phenoxy) is 2. The highest BCUT2D eigenvalue weighted by molar-refractivity contribution is 7.18. The standard InChI is InChI=1S/C27H27F3N6O6S2.C22H17F3N6O5S2/c1-2-41-9-5-10-42-25(40)18(14-31-23(38)19-8-4-11-43-19)33-24(39)21-22(27(28,29)30)35-26(44-21)34-20(37)12-15-6-3-7-17-16(15)13-32-36-17;23-22(24,25)17-16(19(34)28-13(20(35)36)9-26-18(33)14-5-2-6-37-14)38-21(30-17)29-15(32)7-10-3-1-4-12-11(10)8-27-31-12/h3-4,6-8,11,13,18H,2,5,9-10,12,14H2,1H3,(H,31,38)(H,32,36)(H,33,39)(H,34,35,37);1-6,8,13H,7,9H2,(H,26,33)(H,27,31)(H,28,34)(H,35,36)(H,29,30,32)/t18-;13-/m00/s1. The summed E-state index contributed by atoms with van der Waals surface area (Å²) in [6.45, 7) is 1.43. The molecule has 33 heteroatoms. The van der Waals surface area contributed by atoms with Crippen molar-refractivity contribution in [3.8, 4) is 0 Å². The number of halogens is 6. The van der Waals surface area contributed by atoms with E-state index in [0.29, 0.717) is 68.8 Å². The Kier molecular flexibility index (Phi) is 20.6. The maximum absolute atomic E-state index is 13.9. The second-order valence-electron chi connectivity index (χ2n) is 16.8. The van der Waals surface area contributed by atoms with Crippen LogP contribution in [0.3, 0.4) is 0 Å². The van der Waals surface area contributed by atoms with E-state index in [-0.39, 0.29) is 35.7 Å². The number of esters is 1. The Hall–Kier alpha value is -8.66. The van der Waals surface area contributed by atoms with Gasteiger partial charge >= 0.3 is 24.3 Å². The van der Waals surface area contributed by atoms with Gasteiger partial charge in [-0.25, -0.2) is 19.6 Å².